The van der Waals surface area contributed by atoms with E-state index in [-0.39, 0.29) is 17.6 Å². The van der Waals surface area contributed by atoms with Crippen LogP contribution in [0.1, 0.15) is 53.0 Å². The summed E-state index contributed by atoms with van der Waals surface area (Å²) in [6, 6.07) is 10.5. The number of ether oxygens (including phenoxy) is 1. The van der Waals surface area contributed by atoms with E-state index in [1.165, 1.54) is 13.5 Å². The summed E-state index contributed by atoms with van der Waals surface area (Å²) in [5.41, 5.74) is 1.24. The van der Waals surface area contributed by atoms with Crippen molar-refractivity contribution in [2.24, 2.45) is 0 Å². The zero-order chi connectivity index (χ0) is 18.4. The van der Waals surface area contributed by atoms with E-state index in [2.05, 4.69) is 20.8 Å². The minimum atomic E-state index is -0.440. The molecule has 1 heterocycles. The van der Waals surface area contributed by atoms with Gasteiger partial charge in [-0.25, -0.2) is 4.79 Å². The monoisotopic (exact) mass is 354 g/mol. The summed E-state index contributed by atoms with van der Waals surface area (Å²) < 4.78 is 4.77. The van der Waals surface area contributed by atoms with Crippen LogP contribution in [0, 0.1) is 0 Å². The Bertz CT molecular complexity index is 771. The number of amides is 1. The molecule has 1 saturated carbocycles. The maximum absolute atomic E-state index is 12.3. The molecular formula is C19H22N4O3. The van der Waals surface area contributed by atoms with E-state index >= 15 is 0 Å². The van der Waals surface area contributed by atoms with Gasteiger partial charge in [-0.15, -0.1) is 10.2 Å². The highest BCUT2D eigenvalue weighted by Crippen LogP contribution is 2.20. The van der Waals surface area contributed by atoms with E-state index in [1.54, 1.807) is 36.4 Å². The Hall–Kier alpha value is -2.96. The topological polar surface area (TPSA) is 93.2 Å². The number of rotatable bonds is 5. The van der Waals surface area contributed by atoms with Gasteiger partial charge in [0.2, 0.25) is 0 Å². The van der Waals surface area contributed by atoms with Gasteiger partial charge in [-0.1, -0.05) is 31.4 Å². The minimum absolute atomic E-state index is 0.203. The molecule has 0 aliphatic heterocycles. The third-order valence-electron chi connectivity index (χ3n) is 4.43. The first kappa shape index (κ1) is 17.8. The second-order valence-corrected chi connectivity index (χ2v) is 6.27. The van der Waals surface area contributed by atoms with Crippen molar-refractivity contribution in [3.05, 3.63) is 47.7 Å². The summed E-state index contributed by atoms with van der Waals surface area (Å²) in [6.45, 7) is 0. The van der Waals surface area contributed by atoms with Crippen LogP contribution in [0.3, 0.4) is 0 Å². The number of methoxy groups -OCH3 is 1. The number of benzene rings is 1. The molecule has 0 spiro atoms. The summed E-state index contributed by atoms with van der Waals surface area (Å²) in [6.07, 6.45) is 5.57. The molecule has 1 aromatic carbocycles. The fraction of sp³-hybridized carbons (Fsp3) is 0.368. The minimum Gasteiger partial charge on any atom is -0.465 e. The third kappa shape index (κ3) is 4.36. The normalized spacial score (nSPS) is 14.5. The smallest absolute Gasteiger partial charge is 0.339 e. The van der Waals surface area contributed by atoms with Crippen LogP contribution in [0.5, 0.6) is 0 Å². The van der Waals surface area contributed by atoms with Crippen LogP contribution in [-0.4, -0.2) is 35.2 Å². The van der Waals surface area contributed by atoms with Crippen molar-refractivity contribution in [1.29, 1.82) is 0 Å². The van der Waals surface area contributed by atoms with Crippen LogP contribution >= 0.6 is 0 Å². The molecule has 2 N–H and O–H groups in total. The summed E-state index contributed by atoms with van der Waals surface area (Å²) >= 11 is 0. The summed E-state index contributed by atoms with van der Waals surface area (Å²) in [4.78, 5) is 24.1. The number of anilines is 2. The molecule has 26 heavy (non-hydrogen) atoms. The second-order valence-electron chi connectivity index (χ2n) is 6.27. The number of para-hydroxylation sites is 1. The van der Waals surface area contributed by atoms with Gasteiger partial charge in [-0.2, -0.15) is 0 Å². The maximum atomic E-state index is 12.3. The fourth-order valence-electron chi connectivity index (χ4n) is 3.04. The molecule has 1 fully saturated rings. The molecule has 7 heteroatoms. The van der Waals surface area contributed by atoms with Crippen molar-refractivity contribution in [2.45, 2.75) is 38.1 Å². The van der Waals surface area contributed by atoms with Crippen molar-refractivity contribution >= 4 is 23.4 Å². The Labute approximate surface area is 152 Å². The zero-order valence-corrected chi connectivity index (χ0v) is 14.7. The first-order chi connectivity index (χ1) is 12.7. The van der Waals surface area contributed by atoms with E-state index in [1.807, 2.05) is 0 Å². The van der Waals surface area contributed by atoms with Crippen LogP contribution in [0.15, 0.2) is 36.4 Å². The molecule has 0 radical (unpaired) electrons. The largest absolute Gasteiger partial charge is 0.465 e. The van der Waals surface area contributed by atoms with Gasteiger partial charge in [0, 0.05) is 6.04 Å². The predicted molar refractivity (Wildman–Crippen MR) is 97.4 cm³/mol. The molecular weight excluding hydrogens is 332 g/mol. The lowest BCUT2D eigenvalue weighted by atomic mass is 9.95. The average molecular weight is 354 g/mol. The van der Waals surface area contributed by atoms with Gasteiger partial charge < -0.3 is 15.4 Å². The Morgan fingerprint density at radius 3 is 2.50 bits per heavy atom. The van der Waals surface area contributed by atoms with Gasteiger partial charge >= 0.3 is 5.97 Å². The van der Waals surface area contributed by atoms with E-state index in [0.717, 1.165) is 25.7 Å². The lowest BCUT2D eigenvalue weighted by Gasteiger charge is -2.22. The molecule has 1 aliphatic carbocycles. The van der Waals surface area contributed by atoms with Gasteiger partial charge in [0.1, 0.15) is 0 Å². The Morgan fingerprint density at radius 1 is 1.04 bits per heavy atom. The summed E-state index contributed by atoms with van der Waals surface area (Å²) in [5, 5.41) is 14.1. The molecule has 3 rings (SSSR count). The van der Waals surface area contributed by atoms with Crippen LogP contribution in [0.25, 0.3) is 0 Å². The van der Waals surface area contributed by atoms with Crippen LogP contribution in [0.4, 0.5) is 11.5 Å². The SMILES string of the molecule is COC(=O)c1ccccc1Nc1ccc(C(=O)NC2CCCCC2)nn1. The molecule has 1 aliphatic rings. The molecule has 0 atom stereocenters. The highest BCUT2D eigenvalue weighted by atomic mass is 16.5. The summed E-state index contributed by atoms with van der Waals surface area (Å²) in [7, 11) is 1.33. The number of carbonyl (C=O) groups is 2. The van der Waals surface area contributed by atoms with Crippen LogP contribution in [-0.2, 0) is 4.74 Å². The van der Waals surface area contributed by atoms with Crippen molar-refractivity contribution in [1.82, 2.24) is 15.5 Å². The molecule has 136 valence electrons. The number of nitrogens with one attached hydrogen (secondary N) is 2. The standard InChI is InChI=1S/C19H22N4O3/c1-26-19(25)14-9-5-6-10-15(14)21-17-12-11-16(22-23-17)18(24)20-13-7-3-2-4-8-13/h5-6,9-13H,2-4,7-8H2,1H3,(H,20,24)(H,21,23). The van der Waals surface area contributed by atoms with Crippen molar-refractivity contribution in [2.75, 3.05) is 12.4 Å². The van der Waals surface area contributed by atoms with E-state index < -0.39 is 5.97 Å². The first-order valence-electron chi connectivity index (χ1n) is 8.76. The lowest BCUT2D eigenvalue weighted by molar-refractivity contribution is 0.0601. The average Bonchev–Trinajstić information content (AvgIpc) is 2.69. The highest BCUT2D eigenvalue weighted by molar-refractivity contribution is 5.96. The number of hydrogen-bond acceptors (Lipinski definition) is 6. The van der Waals surface area contributed by atoms with Gasteiger partial charge in [0.05, 0.1) is 18.4 Å². The molecule has 1 aromatic heterocycles. The first-order valence-corrected chi connectivity index (χ1v) is 8.76. The van der Waals surface area contributed by atoms with Crippen molar-refractivity contribution in [3.63, 3.8) is 0 Å². The molecule has 0 unspecified atom stereocenters. The molecule has 7 nitrogen and oxygen atoms in total. The Balaban J connectivity index is 1.66. The van der Waals surface area contributed by atoms with Gasteiger partial charge in [-0.05, 0) is 37.1 Å². The number of hydrogen-bond donors (Lipinski definition) is 2. The van der Waals surface area contributed by atoms with E-state index in [4.69, 9.17) is 4.74 Å². The number of aromatic nitrogens is 2. The maximum Gasteiger partial charge on any atom is 0.339 e. The number of esters is 1. The third-order valence-corrected chi connectivity index (χ3v) is 4.43. The summed E-state index contributed by atoms with van der Waals surface area (Å²) in [5.74, 6) is -0.203. The van der Waals surface area contributed by atoms with Gasteiger partial charge in [0.15, 0.2) is 11.5 Å². The molecule has 0 saturated heterocycles. The lowest BCUT2D eigenvalue weighted by Crippen LogP contribution is -2.36. The molecule has 2 aromatic rings. The quantitative estimate of drug-likeness (QED) is 0.802. The Kier molecular flexibility index (Phi) is 5.78. The highest BCUT2D eigenvalue weighted by Gasteiger charge is 2.18. The fourth-order valence-corrected chi connectivity index (χ4v) is 3.04. The number of carbonyl (C=O) groups excluding carboxylic acids is 2. The van der Waals surface area contributed by atoms with Crippen LogP contribution in [0.2, 0.25) is 0 Å². The Morgan fingerprint density at radius 2 is 1.81 bits per heavy atom. The second kappa shape index (κ2) is 8.42. The van der Waals surface area contributed by atoms with Crippen molar-refractivity contribution < 1.29 is 14.3 Å². The van der Waals surface area contributed by atoms with Gasteiger partial charge in [-0.3, -0.25) is 4.79 Å². The van der Waals surface area contributed by atoms with Crippen molar-refractivity contribution in [3.8, 4) is 0 Å². The van der Waals surface area contributed by atoms with Crippen LogP contribution < -0.4 is 10.6 Å². The number of nitrogens with zero attached hydrogens (tertiary/aromatic N) is 2. The predicted octanol–water partition coefficient (Wildman–Crippen LogP) is 3.07. The molecule has 1 amide bonds. The van der Waals surface area contributed by atoms with Gasteiger partial charge in [0.25, 0.3) is 5.91 Å². The molecule has 0 bridgehead atoms. The van der Waals surface area contributed by atoms with E-state index in [0.29, 0.717) is 17.1 Å². The van der Waals surface area contributed by atoms with E-state index in [9.17, 15) is 9.59 Å². The zero-order valence-electron chi connectivity index (χ0n) is 14.7.